The summed E-state index contributed by atoms with van der Waals surface area (Å²) < 4.78 is 7.38. The zero-order valence-corrected chi connectivity index (χ0v) is 11.3. The van der Waals surface area contributed by atoms with Crippen LogP contribution in [0.15, 0.2) is 36.7 Å². The summed E-state index contributed by atoms with van der Waals surface area (Å²) in [4.78, 5) is 16.5. The molecular formula is C15H18N2O2. The van der Waals surface area contributed by atoms with Crippen molar-refractivity contribution in [2.75, 3.05) is 6.61 Å². The van der Waals surface area contributed by atoms with Crippen LogP contribution < -0.4 is 4.74 Å². The van der Waals surface area contributed by atoms with Gasteiger partial charge in [0.05, 0.1) is 6.61 Å². The lowest BCUT2D eigenvalue weighted by atomic mass is 10.1. The van der Waals surface area contributed by atoms with Gasteiger partial charge >= 0.3 is 0 Å². The summed E-state index contributed by atoms with van der Waals surface area (Å²) in [6.45, 7) is 5.42. The number of imidazole rings is 1. The highest BCUT2D eigenvalue weighted by molar-refractivity contribution is 6.06. The molecule has 19 heavy (non-hydrogen) atoms. The third-order valence-electron chi connectivity index (χ3n) is 2.83. The second-order valence-corrected chi connectivity index (χ2v) is 4.24. The minimum absolute atomic E-state index is 0.0752. The predicted octanol–water partition coefficient (Wildman–Crippen LogP) is 2.92. The summed E-state index contributed by atoms with van der Waals surface area (Å²) in [7, 11) is 0. The molecule has 0 aliphatic heterocycles. The number of hydrogen-bond acceptors (Lipinski definition) is 3. The van der Waals surface area contributed by atoms with Gasteiger partial charge in [-0.05, 0) is 25.5 Å². The summed E-state index contributed by atoms with van der Waals surface area (Å²) >= 11 is 0. The minimum atomic E-state index is -0.0752. The zero-order valence-electron chi connectivity index (χ0n) is 11.3. The van der Waals surface area contributed by atoms with Gasteiger partial charge in [0.25, 0.3) is 0 Å². The van der Waals surface area contributed by atoms with Crippen LogP contribution in [0.3, 0.4) is 0 Å². The van der Waals surface area contributed by atoms with Crippen molar-refractivity contribution in [2.45, 2.75) is 26.8 Å². The van der Waals surface area contributed by atoms with Gasteiger partial charge in [-0.3, -0.25) is 4.79 Å². The third-order valence-corrected chi connectivity index (χ3v) is 2.83. The first kappa shape index (κ1) is 13.3. The van der Waals surface area contributed by atoms with Crippen LogP contribution in [-0.4, -0.2) is 21.9 Å². The fraction of sp³-hybridized carbons (Fsp3) is 0.333. The van der Waals surface area contributed by atoms with Gasteiger partial charge in [0.1, 0.15) is 5.75 Å². The molecule has 4 nitrogen and oxygen atoms in total. The molecule has 4 heteroatoms. The number of aryl methyl sites for hydroxylation is 1. The smallest absolute Gasteiger partial charge is 0.228 e. The van der Waals surface area contributed by atoms with Crippen molar-refractivity contribution in [2.24, 2.45) is 0 Å². The Bertz CT molecular complexity index is 561. The van der Waals surface area contributed by atoms with Crippen LogP contribution in [0.4, 0.5) is 0 Å². The van der Waals surface area contributed by atoms with Crippen molar-refractivity contribution in [1.29, 1.82) is 0 Å². The highest BCUT2D eigenvalue weighted by atomic mass is 16.5. The normalized spacial score (nSPS) is 10.4. The van der Waals surface area contributed by atoms with Gasteiger partial charge in [0.2, 0.25) is 5.78 Å². The van der Waals surface area contributed by atoms with Crippen molar-refractivity contribution in [1.82, 2.24) is 9.55 Å². The lowest BCUT2D eigenvalue weighted by Gasteiger charge is -2.07. The van der Waals surface area contributed by atoms with E-state index < -0.39 is 0 Å². The molecule has 1 aromatic heterocycles. The van der Waals surface area contributed by atoms with Crippen LogP contribution in [0.5, 0.6) is 5.75 Å². The first-order chi connectivity index (χ1) is 9.26. The van der Waals surface area contributed by atoms with Crippen molar-refractivity contribution < 1.29 is 9.53 Å². The van der Waals surface area contributed by atoms with Gasteiger partial charge in [-0.1, -0.05) is 19.1 Å². The van der Waals surface area contributed by atoms with Crippen LogP contribution in [0.2, 0.25) is 0 Å². The van der Waals surface area contributed by atoms with E-state index in [0.717, 1.165) is 18.7 Å². The zero-order chi connectivity index (χ0) is 13.7. The summed E-state index contributed by atoms with van der Waals surface area (Å²) in [6.07, 6.45) is 4.40. The Balaban J connectivity index is 2.24. The van der Waals surface area contributed by atoms with Gasteiger partial charge in [0.15, 0.2) is 5.82 Å². The van der Waals surface area contributed by atoms with Gasteiger partial charge < -0.3 is 9.30 Å². The largest absolute Gasteiger partial charge is 0.494 e. The van der Waals surface area contributed by atoms with Crippen LogP contribution in [0, 0.1) is 0 Å². The SMILES string of the molecule is CCCOc1cccc(C(=O)c2nccn2CC)c1. The Labute approximate surface area is 113 Å². The van der Waals surface area contributed by atoms with E-state index in [2.05, 4.69) is 4.98 Å². The topological polar surface area (TPSA) is 44.1 Å². The maximum Gasteiger partial charge on any atom is 0.228 e. The lowest BCUT2D eigenvalue weighted by Crippen LogP contribution is -2.10. The minimum Gasteiger partial charge on any atom is -0.494 e. The van der Waals surface area contributed by atoms with E-state index in [1.807, 2.05) is 36.7 Å². The molecule has 0 fully saturated rings. The van der Waals surface area contributed by atoms with Crippen LogP contribution in [0.1, 0.15) is 36.5 Å². The Hall–Kier alpha value is -2.10. The first-order valence-corrected chi connectivity index (χ1v) is 6.55. The van der Waals surface area contributed by atoms with Gasteiger partial charge in [-0.15, -0.1) is 0 Å². The quantitative estimate of drug-likeness (QED) is 0.748. The highest BCUT2D eigenvalue weighted by Gasteiger charge is 2.14. The number of carbonyl (C=O) groups excluding carboxylic acids is 1. The predicted molar refractivity (Wildman–Crippen MR) is 73.6 cm³/mol. The average molecular weight is 258 g/mol. The molecule has 0 bridgehead atoms. The monoisotopic (exact) mass is 258 g/mol. The lowest BCUT2D eigenvalue weighted by molar-refractivity contribution is 0.102. The molecule has 0 radical (unpaired) electrons. The molecule has 0 aliphatic rings. The van der Waals surface area contributed by atoms with E-state index in [1.54, 1.807) is 18.3 Å². The molecule has 2 aromatic rings. The van der Waals surface area contributed by atoms with E-state index in [9.17, 15) is 4.79 Å². The van der Waals surface area contributed by atoms with E-state index >= 15 is 0 Å². The Morgan fingerprint density at radius 1 is 1.37 bits per heavy atom. The summed E-state index contributed by atoms with van der Waals surface area (Å²) in [6, 6.07) is 7.25. The molecule has 0 amide bonds. The average Bonchev–Trinajstić information content (AvgIpc) is 2.93. The molecule has 0 saturated carbocycles. The molecule has 100 valence electrons. The number of benzene rings is 1. The number of carbonyl (C=O) groups is 1. The molecule has 0 atom stereocenters. The van der Waals surface area contributed by atoms with Crippen LogP contribution in [-0.2, 0) is 6.54 Å². The number of ether oxygens (including phenoxy) is 1. The summed E-state index contributed by atoms with van der Waals surface area (Å²) in [5.74, 6) is 1.12. The van der Waals surface area contributed by atoms with Crippen LogP contribution in [0.25, 0.3) is 0 Å². The van der Waals surface area contributed by atoms with E-state index in [1.165, 1.54) is 0 Å². The van der Waals surface area contributed by atoms with Crippen molar-refractivity contribution in [3.63, 3.8) is 0 Å². The number of rotatable bonds is 6. The van der Waals surface area contributed by atoms with Crippen LogP contribution >= 0.6 is 0 Å². The van der Waals surface area contributed by atoms with Crippen molar-refractivity contribution in [3.05, 3.63) is 48.0 Å². The molecule has 1 heterocycles. The molecule has 0 N–H and O–H groups in total. The second kappa shape index (κ2) is 6.18. The van der Waals surface area contributed by atoms with Gasteiger partial charge in [-0.2, -0.15) is 0 Å². The highest BCUT2D eigenvalue weighted by Crippen LogP contribution is 2.16. The Kier molecular flexibility index (Phi) is 4.34. The Morgan fingerprint density at radius 2 is 2.21 bits per heavy atom. The molecule has 2 rings (SSSR count). The number of nitrogens with zero attached hydrogens (tertiary/aromatic N) is 2. The van der Waals surface area contributed by atoms with Gasteiger partial charge in [0, 0.05) is 24.5 Å². The molecule has 1 aromatic carbocycles. The maximum atomic E-state index is 12.4. The van der Waals surface area contributed by atoms with Crippen molar-refractivity contribution >= 4 is 5.78 Å². The molecule has 0 aliphatic carbocycles. The third kappa shape index (κ3) is 3.02. The summed E-state index contributed by atoms with van der Waals surface area (Å²) in [5.41, 5.74) is 0.606. The first-order valence-electron chi connectivity index (χ1n) is 6.55. The number of hydrogen-bond donors (Lipinski definition) is 0. The number of aromatic nitrogens is 2. The fourth-order valence-electron chi connectivity index (χ4n) is 1.85. The maximum absolute atomic E-state index is 12.4. The Morgan fingerprint density at radius 3 is 2.95 bits per heavy atom. The molecule has 0 unspecified atom stereocenters. The fourth-order valence-corrected chi connectivity index (χ4v) is 1.85. The molecular weight excluding hydrogens is 240 g/mol. The van der Waals surface area contributed by atoms with E-state index in [0.29, 0.717) is 18.0 Å². The summed E-state index contributed by atoms with van der Waals surface area (Å²) in [5, 5.41) is 0. The standard InChI is InChI=1S/C15H18N2O2/c1-3-10-19-13-7-5-6-12(11-13)14(18)15-16-8-9-17(15)4-2/h5-9,11H,3-4,10H2,1-2H3. The molecule has 0 saturated heterocycles. The number of ketones is 1. The van der Waals surface area contributed by atoms with Crippen molar-refractivity contribution in [3.8, 4) is 5.75 Å². The van der Waals surface area contributed by atoms with E-state index in [4.69, 9.17) is 4.74 Å². The molecule has 0 spiro atoms. The second-order valence-electron chi connectivity index (χ2n) is 4.24. The van der Waals surface area contributed by atoms with E-state index in [-0.39, 0.29) is 5.78 Å². The van der Waals surface area contributed by atoms with Gasteiger partial charge in [-0.25, -0.2) is 4.98 Å².